The number of nitrogens with zero attached hydrogens (tertiary/aromatic N) is 3. The fourth-order valence-corrected chi connectivity index (χ4v) is 4.08. The van der Waals surface area contributed by atoms with Crippen LogP contribution < -0.4 is 20.9 Å². The standard InChI is InChI=1S/C19H21N3.C13H13N3O.C2H6/c1-13-5-7-15(8-6-13)21-18-9-10-20-19-14(2)11-16(22(3)4)12-17(18)19;1-10-8-13(6-7-14-10)16-12-4-2-11(3-5-12)15-9-17;1-2/h5-12H,1-4H3,(H,20,21);2-9H,1H3,(H,14,16)(H,15,17);1-2H3. The van der Waals surface area contributed by atoms with Gasteiger partial charge in [0.05, 0.1) is 5.52 Å². The van der Waals surface area contributed by atoms with Gasteiger partial charge in [-0.15, -0.1) is 0 Å². The Bertz CT molecular complexity index is 1550. The summed E-state index contributed by atoms with van der Waals surface area (Å²) in [6.07, 6.45) is 4.29. The summed E-state index contributed by atoms with van der Waals surface area (Å²) in [7, 11) is 4.12. The van der Waals surface area contributed by atoms with Gasteiger partial charge in [0.15, 0.2) is 0 Å². The molecule has 0 atom stereocenters. The second-order valence-corrected chi connectivity index (χ2v) is 9.55. The van der Waals surface area contributed by atoms with E-state index in [9.17, 15) is 4.79 Å². The molecule has 0 bridgehead atoms. The number of hydrogen-bond donors (Lipinski definition) is 3. The first kappa shape index (κ1) is 30.6. The average molecular weight is 549 g/mol. The maximum absolute atomic E-state index is 10.3. The zero-order valence-corrected chi connectivity index (χ0v) is 25.0. The minimum Gasteiger partial charge on any atom is -0.378 e. The van der Waals surface area contributed by atoms with Gasteiger partial charge in [0, 0.05) is 71.7 Å². The Labute approximate surface area is 243 Å². The topological polar surface area (TPSA) is 82.2 Å². The Morgan fingerprint density at radius 3 is 1.93 bits per heavy atom. The molecule has 2 aromatic heterocycles. The largest absolute Gasteiger partial charge is 0.378 e. The van der Waals surface area contributed by atoms with E-state index in [0.717, 1.165) is 45.0 Å². The third-order valence-electron chi connectivity index (χ3n) is 6.16. The third kappa shape index (κ3) is 8.80. The van der Waals surface area contributed by atoms with Crippen molar-refractivity contribution in [1.82, 2.24) is 9.97 Å². The van der Waals surface area contributed by atoms with E-state index >= 15 is 0 Å². The molecule has 41 heavy (non-hydrogen) atoms. The molecule has 5 rings (SSSR count). The van der Waals surface area contributed by atoms with Crippen molar-refractivity contribution < 1.29 is 4.79 Å². The van der Waals surface area contributed by atoms with Gasteiger partial charge in [-0.25, -0.2) is 0 Å². The number of carbonyl (C=O) groups is 1. The highest BCUT2D eigenvalue weighted by atomic mass is 16.1. The number of hydrogen-bond acceptors (Lipinski definition) is 6. The molecule has 1 amide bonds. The molecule has 0 fully saturated rings. The van der Waals surface area contributed by atoms with Crippen molar-refractivity contribution >= 4 is 51.4 Å². The van der Waals surface area contributed by atoms with Gasteiger partial charge in [-0.05, 0) is 93.1 Å². The smallest absolute Gasteiger partial charge is 0.211 e. The summed E-state index contributed by atoms with van der Waals surface area (Å²) >= 11 is 0. The molecule has 0 unspecified atom stereocenters. The number of benzene rings is 3. The van der Waals surface area contributed by atoms with E-state index in [0.29, 0.717) is 6.41 Å². The summed E-state index contributed by atoms with van der Waals surface area (Å²) in [6, 6.07) is 26.2. The zero-order valence-electron chi connectivity index (χ0n) is 25.0. The molecular formula is C34H40N6O. The Balaban J connectivity index is 0.000000219. The van der Waals surface area contributed by atoms with Crippen LogP contribution in [0.3, 0.4) is 0 Å². The lowest BCUT2D eigenvalue weighted by atomic mass is 10.1. The molecule has 0 radical (unpaired) electrons. The first-order valence-corrected chi connectivity index (χ1v) is 13.7. The molecule has 0 aliphatic carbocycles. The zero-order chi connectivity index (χ0) is 29.8. The van der Waals surface area contributed by atoms with E-state index in [2.05, 4.69) is 95.2 Å². The van der Waals surface area contributed by atoms with Crippen LogP contribution in [0.4, 0.5) is 34.1 Å². The first-order chi connectivity index (χ1) is 19.8. The minimum atomic E-state index is 0.661. The highest BCUT2D eigenvalue weighted by Crippen LogP contribution is 2.31. The summed E-state index contributed by atoms with van der Waals surface area (Å²) in [6.45, 7) is 10.2. The van der Waals surface area contributed by atoms with E-state index in [1.165, 1.54) is 16.8 Å². The van der Waals surface area contributed by atoms with Crippen molar-refractivity contribution in [3.8, 4) is 0 Å². The van der Waals surface area contributed by atoms with Crippen LogP contribution in [0.1, 0.15) is 30.7 Å². The summed E-state index contributed by atoms with van der Waals surface area (Å²) in [4.78, 5) is 21.0. The Morgan fingerprint density at radius 2 is 1.29 bits per heavy atom. The van der Waals surface area contributed by atoms with Crippen LogP contribution >= 0.6 is 0 Å². The lowest BCUT2D eigenvalue weighted by Crippen LogP contribution is -2.09. The van der Waals surface area contributed by atoms with Gasteiger partial charge >= 0.3 is 0 Å². The number of carbonyl (C=O) groups excluding carboxylic acids is 1. The predicted molar refractivity (Wildman–Crippen MR) is 175 cm³/mol. The molecule has 0 spiro atoms. The predicted octanol–water partition coefficient (Wildman–Crippen LogP) is 8.39. The van der Waals surface area contributed by atoms with Crippen LogP contribution in [0.5, 0.6) is 0 Å². The van der Waals surface area contributed by atoms with Crippen molar-refractivity contribution in [3.63, 3.8) is 0 Å². The molecular weight excluding hydrogens is 508 g/mol. The first-order valence-electron chi connectivity index (χ1n) is 13.7. The number of anilines is 6. The number of fused-ring (bicyclic) bond motifs is 1. The summed E-state index contributed by atoms with van der Waals surface area (Å²) in [5.74, 6) is 0. The lowest BCUT2D eigenvalue weighted by molar-refractivity contribution is -0.105. The fourth-order valence-electron chi connectivity index (χ4n) is 4.08. The molecule has 0 saturated heterocycles. The van der Waals surface area contributed by atoms with Gasteiger partial charge < -0.3 is 20.9 Å². The average Bonchev–Trinajstić information content (AvgIpc) is 2.97. The van der Waals surface area contributed by atoms with Crippen molar-refractivity contribution in [2.24, 2.45) is 0 Å². The molecule has 0 aliphatic heterocycles. The number of amides is 1. The van der Waals surface area contributed by atoms with Crippen LogP contribution in [0.2, 0.25) is 0 Å². The van der Waals surface area contributed by atoms with Gasteiger partial charge in [-0.1, -0.05) is 31.5 Å². The van der Waals surface area contributed by atoms with Gasteiger partial charge in [0.25, 0.3) is 0 Å². The Morgan fingerprint density at radius 1 is 0.683 bits per heavy atom. The van der Waals surface area contributed by atoms with Gasteiger partial charge in [-0.3, -0.25) is 14.8 Å². The molecule has 0 saturated carbocycles. The second-order valence-electron chi connectivity index (χ2n) is 9.55. The molecule has 7 heteroatoms. The van der Waals surface area contributed by atoms with E-state index in [1.54, 1.807) is 6.20 Å². The number of aromatic nitrogens is 2. The Kier molecular flexibility index (Phi) is 11.2. The molecule has 5 aromatic rings. The molecule has 3 aromatic carbocycles. The molecule has 2 heterocycles. The highest BCUT2D eigenvalue weighted by molar-refractivity contribution is 5.96. The molecule has 0 aliphatic rings. The van der Waals surface area contributed by atoms with Crippen molar-refractivity contribution in [1.29, 1.82) is 0 Å². The summed E-state index contributed by atoms with van der Waals surface area (Å²) in [5, 5.41) is 10.5. The normalized spacial score (nSPS) is 9.93. The molecule has 212 valence electrons. The van der Waals surface area contributed by atoms with E-state index in [-0.39, 0.29) is 0 Å². The van der Waals surface area contributed by atoms with Crippen LogP contribution in [0, 0.1) is 20.8 Å². The van der Waals surface area contributed by atoms with E-state index in [1.807, 2.05) is 69.4 Å². The monoisotopic (exact) mass is 548 g/mol. The van der Waals surface area contributed by atoms with Crippen molar-refractivity contribution in [2.75, 3.05) is 34.9 Å². The van der Waals surface area contributed by atoms with Crippen molar-refractivity contribution in [3.05, 3.63) is 108 Å². The Hall–Kier alpha value is -4.91. The van der Waals surface area contributed by atoms with Crippen molar-refractivity contribution in [2.45, 2.75) is 34.6 Å². The number of pyridine rings is 2. The van der Waals surface area contributed by atoms with E-state index < -0.39 is 0 Å². The number of rotatable bonds is 7. The van der Waals surface area contributed by atoms with E-state index in [4.69, 9.17) is 0 Å². The van der Waals surface area contributed by atoms with Crippen LogP contribution in [0.25, 0.3) is 10.9 Å². The second kappa shape index (κ2) is 15.0. The number of aryl methyl sites for hydroxylation is 3. The van der Waals surface area contributed by atoms with Gasteiger partial charge in [0.1, 0.15) is 0 Å². The fraction of sp³-hybridized carbons (Fsp3) is 0.206. The molecule has 3 N–H and O–H groups in total. The highest BCUT2D eigenvalue weighted by Gasteiger charge is 2.08. The van der Waals surface area contributed by atoms with Crippen LogP contribution in [-0.2, 0) is 4.79 Å². The van der Waals surface area contributed by atoms with Gasteiger partial charge in [0.2, 0.25) is 6.41 Å². The van der Waals surface area contributed by atoms with Gasteiger partial charge in [-0.2, -0.15) is 0 Å². The summed E-state index contributed by atoms with van der Waals surface area (Å²) < 4.78 is 0. The number of nitrogens with one attached hydrogen (secondary N) is 3. The lowest BCUT2D eigenvalue weighted by Gasteiger charge is -2.17. The van der Waals surface area contributed by atoms with Crippen LogP contribution in [0.15, 0.2) is 91.3 Å². The summed E-state index contributed by atoms with van der Waals surface area (Å²) in [5.41, 5.74) is 10.6. The maximum atomic E-state index is 10.3. The molecule has 7 nitrogen and oxygen atoms in total. The minimum absolute atomic E-state index is 0.661. The SMILES string of the molecule is CC.Cc1cc(Nc2ccc(NC=O)cc2)ccn1.Cc1ccc(Nc2ccnc3c(C)cc(N(C)C)cc23)cc1. The quantitative estimate of drug-likeness (QED) is 0.177. The maximum Gasteiger partial charge on any atom is 0.211 e. The van der Waals surface area contributed by atoms with Crippen LogP contribution in [-0.4, -0.2) is 30.5 Å². The third-order valence-corrected chi connectivity index (χ3v) is 6.16.